The molecule has 1 aromatic carbocycles. The number of carbonyl (C=O) groups excluding carboxylic acids is 1. The van der Waals surface area contributed by atoms with E-state index in [1.807, 2.05) is 18.4 Å². The number of hydrogen-bond acceptors (Lipinski definition) is 4. The summed E-state index contributed by atoms with van der Waals surface area (Å²) >= 11 is 3.19. The molecule has 3 aromatic rings. The maximum atomic E-state index is 13.2. The van der Waals surface area contributed by atoms with Gasteiger partial charge >= 0.3 is 0 Å². The van der Waals surface area contributed by atoms with Gasteiger partial charge in [-0.25, -0.2) is 9.07 Å². The second-order valence-corrected chi connectivity index (χ2v) is 7.49. The highest BCUT2D eigenvalue weighted by Crippen LogP contribution is 2.36. The highest BCUT2D eigenvalue weighted by molar-refractivity contribution is 7.98. The van der Waals surface area contributed by atoms with Gasteiger partial charge in [-0.05, 0) is 48.2 Å². The van der Waals surface area contributed by atoms with Crippen LogP contribution >= 0.6 is 23.1 Å². The molecule has 0 atom stereocenters. The zero-order valence-corrected chi connectivity index (χ0v) is 14.5. The molecule has 0 saturated carbocycles. The van der Waals surface area contributed by atoms with E-state index in [9.17, 15) is 9.18 Å². The van der Waals surface area contributed by atoms with Crippen molar-refractivity contribution in [1.82, 2.24) is 9.78 Å². The molecule has 1 amide bonds. The molecule has 4 nitrogen and oxygen atoms in total. The van der Waals surface area contributed by atoms with E-state index < -0.39 is 0 Å². The van der Waals surface area contributed by atoms with Gasteiger partial charge in [0.15, 0.2) is 0 Å². The van der Waals surface area contributed by atoms with Crippen molar-refractivity contribution in [3.63, 3.8) is 0 Å². The topological polar surface area (TPSA) is 46.9 Å². The maximum absolute atomic E-state index is 13.2. The van der Waals surface area contributed by atoms with Crippen LogP contribution in [0.4, 0.5) is 10.2 Å². The van der Waals surface area contributed by atoms with Crippen molar-refractivity contribution in [3.8, 4) is 5.69 Å². The van der Waals surface area contributed by atoms with Crippen LogP contribution in [0.15, 0.2) is 35.7 Å². The van der Waals surface area contributed by atoms with Crippen LogP contribution < -0.4 is 5.32 Å². The molecule has 2 aromatic heterocycles. The number of thiophene rings is 1. The number of hydrogen-bond donors (Lipinski definition) is 1. The zero-order valence-electron chi connectivity index (χ0n) is 12.9. The quantitative estimate of drug-likeness (QED) is 0.755. The Morgan fingerprint density at radius 3 is 2.79 bits per heavy atom. The van der Waals surface area contributed by atoms with Gasteiger partial charge in [-0.3, -0.25) is 4.79 Å². The van der Waals surface area contributed by atoms with Gasteiger partial charge in [0.2, 0.25) is 0 Å². The molecule has 4 rings (SSSR count). The van der Waals surface area contributed by atoms with Crippen LogP contribution in [0.1, 0.15) is 26.5 Å². The minimum absolute atomic E-state index is 0.143. The van der Waals surface area contributed by atoms with Gasteiger partial charge in [-0.2, -0.15) is 16.9 Å². The first-order valence-electron chi connectivity index (χ1n) is 7.43. The molecule has 3 heterocycles. The van der Waals surface area contributed by atoms with E-state index in [-0.39, 0.29) is 11.7 Å². The number of rotatable bonds is 3. The zero-order chi connectivity index (χ0) is 16.7. The predicted octanol–water partition coefficient (Wildman–Crippen LogP) is 4.38. The molecule has 1 N–H and O–H groups in total. The molecule has 0 saturated heterocycles. The fraction of sp³-hybridized carbons (Fsp3) is 0.176. The summed E-state index contributed by atoms with van der Waals surface area (Å²) in [5.41, 5.74) is 3.82. The standard InChI is InChI=1S/C17H14FN3OS2/c1-10-6-15(24-7-10)17(22)19-16-13-8-23-9-14(13)20-21(16)12-4-2-11(18)3-5-12/h2-7H,8-9H2,1H3,(H,19,22). The number of aromatic nitrogens is 2. The summed E-state index contributed by atoms with van der Waals surface area (Å²) < 4.78 is 14.9. The van der Waals surface area contributed by atoms with E-state index in [1.54, 1.807) is 28.6 Å². The normalized spacial score (nSPS) is 13.1. The summed E-state index contributed by atoms with van der Waals surface area (Å²) in [6.45, 7) is 1.96. The summed E-state index contributed by atoms with van der Waals surface area (Å²) in [7, 11) is 0. The molecule has 7 heteroatoms. The van der Waals surface area contributed by atoms with Crippen molar-refractivity contribution in [1.29, 1.82) is 0 Å². The Morgan fingerprint density at radius 1 is 1.29 bits per heavy atom. The summed E-state index contributed by atoms with van der Waals surface area (Å²) in [5, 5.41) is 9.55. The highest BCUT2D eigenvalue weighted by Gasteiger charge is 2.25. The van der Waals surface area contributed by atoms with Crippen LogP contribution in [0.5, 0.6) is 0 Å². The largest absolute Gasteiger partial charge is 0.305 e. The molecular weight excluding hydrogens is 345 g/mol. The van der Waals surface area contributed by atoms with E-state index >= 15 is 0 Å². The van der Waals surface area contributed by atoms with Crippen LogP contribution in [0.25, 0.3) is 5.69 Å². The second kappa shape index (κ2) is 6.07. The predicted molar refractivity (Wildman–Crippen MR) is 95.5 cm³/mol. The summed E-state index contributed by atoms with van der Waals surface area (Å²) in [5.74, 6) is 1.88. The average molecular weight is 359 g/mol. The van der Waals surface area contributed by atoms with Gasteiger partial charge in [0, 0.05) is 17.1 Å². The monoisotopic (exact) mass is 359 g/mol. The average Bonchev–Trinajstić information content (AvgIpc) is 3.26. The third-order valence-electron chi connectivity index (χ3n) is 3.81. The maximum Gasteiger partial charge on any atom is 0.266 e. The van der Waals surface area contributed by atoms with Gasteiger partial charge < -0.3 is 5.32 Å². The lowest BCUT2D eigenvalue weighted by Crippen LogP contribution is -2.15. The molecule has 1 aliphatic heterocycles. The van der Waals surface area contributed by atoms with E-state index in [4.69, 9.17) is 0 Å². The van der Waals surface area contributed by atoms with Crippen LogP contribution in [-0.2, 0) is 11.5 Å². The minimum atomic E-state index is -0.298. The number of nitrogens with one attached hydrogen (secondary N) is 1. The first-order chi connectivity index (χ1) is 11.6. The number of anilines is 1. The van der Waals surface area contributed by atoms with E-state index in [2.05, 4.69) is 10.4 Å². The van der Waals surface area contributed by atoms with Gasteiger partial charge in [0.1, 0.15) is 11.6 Å². The lowest BCUT2D eigenvalue weighted by Gasteiger charge is -2.10. The van der Waals surface area contributed by atoms with Crippen molar-refractivity contribution >= 4 is 34.8 Å². The summed E-state index contributed by atoms with van der Waals surface area (Å²) in [6.07, 6.45) is 0. The van der Waals surface area contributed by atoms with Gasteiger partial charge in [0.05, 0.1) is 16.3 Å². The number of benzene rings is 1. The van der Waals surface area contributed by atoms with Crippen LogP contribution in [0.2, 0.25) is 0 Å². The highest BCUT2D eigenvalue weighted by atomic mass is 32.2. The van der Waals surface area contributed by atoms with Crippen LogP contribution in [0, 0.1) is 12.7 Å². The Bertz CT molecular complexity index is 915. The summed E-state index contributed by atoms with van der Waals surface area (Å²) in [6, 6.07) is 7.98. The third-order valence-corrected chi connectivity index (χ3v) is 5.83. The fourth-order valence-corrected chi connectivity index (χ4v) is 4.46. The van der Waals surface area contributed by atoms with Crippen molar-refractivity contribution in [2.75, 3.05) is 5.32 Å². The van der Waals surface area contributed by atoms with E-state index in [0.717, 1.165) is 34.0 Å². The Hall–Kier alpha value is -2.12. The molecule has 122 valence electrons. The van der Waals surface area contributed by atoms with Crippen LogP contribution in [-0.4, -0.2) is 15.7 Å². The molecule has 0 bridgehead atoms. The Morgan fingerprint density at radius 2 is 2.08 bits per heavy atom. The van der Waals surface area contributed by atoms with E-state index in [1.165, 1.54) is 23.5 Å². The molecule has 0 radical (unpaired) electrons. The van der Waals surface area contributed by atoms with Gasteiger partial charge in [-0.15, -0.1) is 11.3 Å². The Labute approximate surface area is 146 Å². The summed E-state index contributed by atoms with van der Waals surface area (Å²) in [4.78, 5) is 13.2. The number of carbonyl (C=O) groups is 1. The third kappa shape index (κ3) is 2.74. The first-order valence-corrected chi connectivity index (χ1v) is 9.46. The lowest BCUT2D eigenvalue weighted by atomic mass is 10.2. The lowest BCUT2D eigenvalue weighted by molar-refractivity contribution is 0.102. The Balaban J connectivity index is 1.73. The smallest absolute Gasteiger partial charge is 0.266 e. The number of amides is 1. The fourth-order valence-electron chi connectivity index (χ4n) is 2.63. The van der Waals surface area contributed by atoms with Gasteiger partial charge in [-0.1, -0.05) is 0 Å². The number of thioether (sulfide) groups is 1. The van der Waals surface area contributed by atoms with Crippen molar-refractivity contribution < 1.29 is 9.18 Å². The first kappa shape index (κ1) is 15.4. The molecule has 0 fully saturated rings. The number of nitrogens with zero attached hydrogens (tertiary/aromatic N) is 2. The van der Waals surface area contributed by atoms with Crippen molar-refractivity contribution in [3.05, 3.63) is 63.2 Å². The Kier molecular flexibility index (Phi) is 3.90. The molecule has 0 aliphatic carbocycles. The minimum Gasteiger partial charge on any atom is -0.305 e. The molecular formula is C17H14FN3OS2. The number of aryl methyl sites for hydroxylation is 1. The van der Waals surface area contributed by atoms with Crippen molar-refractivity contribution in [2.45, 2.75) is 18.4 Å². The molecule has 0 unspecified atom stereocenters. The second-order valence-electron chi connectivity index (χ2n) is 5.60. The van der Waals surface area contributed by atoms with Crippen LogP contribution in [0.3, 0.4) is 0 Å². The molecule has 0 spiro atoms. The molecule has 24 heavy (non-hydrogen) atoms. The van der Waals surface area contributed by atoms with E-state index in [0.29, 0.717) is 10.7 Å². The SMILES string of the molecule is Cc1csc(C(=O)Nc2c3c(nn2-c2ccc(F)cc2)CSC3)c1. The number of fused-ring (bicyclic) bond motifs is 1. The number of halogens is 1. The van der Waals surface area contributed by atoms with Gasteiger partial charge in [0.25, 0.3) is 5.91 Å². The van der Waals surface area contributed by atoms with Crippen molar-refractivity contribution in [2.24, 2.45) is 0 Å². The molecule has 1 aliphatic rings.